The van der Waals surface area contributed by atoms with Gasteiger partial charge in [-0.3, -0.25) is 4.90 Å². The van der Waals surface area contributed by atoms with Gasteiger partial charge >= 0.3 is 0 Å². The second-order valence-corrected chi connectivity index (χ2v) is 4.87. The Balaban J connectivity index is 1.73. The van der Waals surface area contributed by atoms with E-state index in [4.69, 9.17) is 0 Å². The predicted molar refractivity (Wildman–Crippen MR) is 63.8 cm³/mol. The lowest BCUT2D eigenvalue weighted by atomic mass is 9.85. The van der Waals surface area contributed by atoms with Gasteiger partial charge in [0.15, 0.2) is 0 Å². The maximum atomic E-state index is 4.01. The van der Waals surface area contributed by atoms with Crippen LogP contribution in [0.2, 0.25) is 0 Å². The molecule has 0 aromatic carbocycles. The zero-order valence-electron chi connectivity index (χ0n) is 10.00. The largest absolute Gasteiger partial charge is 0.373 e. The summed E-state index contributed by atoms with van der Waals surface area (Å²) in [6.45, 7) is 10.9. The topological polar surface area (TPSA) is 18.5 Å². The molecule has 1 heterocycles. The van der Waals surface area contributed by atoms with Crippen LogP contribution in [-0.4, -0.2) is 55.1 Å². The molecular formula is C12H23N3. The summed E-state index contributed by atoms with van der Waals surface area (Å²) in [4.78, 5) is 5.04. The Bertz CT molecular complexity index is 225. The molecule has 0 bridgehead atoms. The Hall–Kier alpha value is -0.540. The lowest BCUT2D eigenvalue weighted by Crippen LogP contribution is -2.57. The van der Waals surface area contributed by atoms with E-state index in [9.17, 15) is 0 Å². The van der Waals surface area contributed by atoms with E-state index >= 15 is 0 Å². The molecule has 2 fully saturated rings. The highest BCUT2D eigenvalue weighted by molar-refractivity contribution is 4.96. The summed E-state index contributed by atoms with van der Waals surface area (Å²) in [5.74, 6) is 0. The first-order valence-corrected chi connectivity index (χ1v) is 6.02. The Morgan fingerprint density at radius 2 is 1.80 bits per heavy atom. The molecule has 0 aromatic rings. The molecule has 0 aromatic heterocycles. The Labute approximate surface area is 93.1 Å². The second-order valence-electron chi connectivity index (χ2n) is 4.87. The van der Waals surface area contributed by atoms with Crippen molar-refractivity contribution in [2.75, 3.05) is 33.2 Å². The van der Waals surface area contributed by atoms with Gasteiger partial charge in [-0.1, -0.05) is 6.58 Å². The van der Waals surface area contributed by atoms with Gasteiger partial charge in [0.2, 0.25) is 0 Å². The number of nitrogens with zero attached hydrogens (tertiary/aromatic N) is 2. The lowest BCUT2D eigenvalue weighted by molar-refractivity contribution is 0.0574. The molecule has 0 atom stereocenters. The summed E-state index contributed by atoms with van der Waals surface area (Å²) in [5.41, 5.74) is 1.22. The number of rotatable bonds is 3. The van der Waals surface area contributed by atoms with Crippen molar-refractivity contribution >= 4 is 0 Å². The van der Waals surface area contributed by atoms with E-state index < -0.39 is 0 Å². The normalized spacial score (nSPS) is 32.5. The third-order valence-corrected chi connectivity index (χ3v) is 3.89. The molecule has 1 aliphatic heterocycles. The van der Waals surface area contributed by atoms with Crippen molar-refractivity contribution in [3.05, 3.63) is 12.3 Å². The SMILES string of the molecule is C=C(C)N1CCN(C2CC(NC)C2)CC1. The van der Waals surface area contributed by atoms with Gasteiger partial charge in [-0.05, 0) is 26.8 Å². The van der Waals surface area contributed by atoms with Crippen molar-refractivity contribution < 1.29 is 0 Å². The summed E-state index contributed by atoms with van der Waals surface area (Å²) < 4.78 is 0. The third kappa shape index (κ3) is 2.34. The molecule has 0 unspecified atom stereocenters. The van der Waals surface area contributed by atoms with E-state index in [0.29, 0.717) is 0 Å². The minimum atomic E-state index is 0.772. The number of piperazine rings is 1. The molecular weight excluding hydrogens is 186 g/mol. The molecule has 3 heteroatoms. The van der Waals surface area contributed by atoms with Crippen LogP contribution in [0.25, 0.3) is 0 Å². The summed E-state index contributed by atoms with van der Waals surface area (Å²) in [6.07, 6.45) is 2.67. The van der Waals surface area contributed by atoms with Gasteiger partial charge in [0.25, 0.3) is 0 Å². The fourth-order valence-electron chi connectivity index (χ4n) is 2.59. The van der Waals surface area contributed by atoms with Gasteiger partial charge in [0.1, 0.15) is 0 Å². The second kappa shape index (κ2) is 4.54. The van der Waals surface area contributed by atoms with Crippen molar-refractivity contribution in [2.24, 2.45) is 0 Å². The van der Waals surface area contributed by atoms with Crippen LogP contribution in [0.5, 0.6) is 0 Å². The van der Waals surface area contributed by atoms with Crippen molar-refractivity contribution in [3.8, 4) is 0 Å². The maximum absolute atomic E-state index is 4.01. The molecule has 1 N–H and O–H groups in total. The summed E-state index contributed by atoms with van der Waals surface area (Å²) >= 11 is 0. The Morgan fingerprint density at radius 1 is 1.20 bits per heavy atom. The van der Waals surface area contributed by atoms with Crippen LogP contribution in [-0.2, 0) is 0 Å². The highest BCUT2D eigenvalue weighted by Crippen LogP contribution is 2.26. The fourth-order valence-corrected chi connectivity index (χ4v) is 2.59. The molecule has 1 saturated carbocycles. The fraction of sp³-hybridized carbons (Fsp3) is 0.833. The van der Waals surface area contributed by atoms with Gasteiger partial charge in [-0.2, -0.15) is 0 Å². The predicted octanol–water partition coefficient (Wildman–Crippen LogP) is 0.888. The zero-order chi connectivity index (χ0) is 10.8. The molecule has 2 aliphatic rings. The first-order chi connectivity index (χ1) is 7.20. The molecule has 0 radical (unpaired) electrons. The quantitative estimate of drug-likeness (QED) is 0.744. The smallest absolute Gasteiger partial charge is 0.0303 e. The van der Waals surface area contributed by atoms with Crippen LogP contribution in [0.1, 0.15) is 19.8 Å². The minimum Gasteiger partial charge on any atom is -0.373 e. The van der Waals surface area contributed by atoms with Gasteiger partial charge < -0.3 is 10.2 Å². The van der Waals surface area contributed by atoms with Crippen LogP contribution in [0.3, 0.4) is 0 Å². The molecule has 3 nitrogen and oxygen atoms in total. The molecule has 1 saturated heterocycles. The zero-order valence-corrected chi connectivity index (χ0v) is 10.00. The standard InChI is InChI=1S/C12H23N3/c1-10(2)14-4-6-15(7-5-14)12-8-11(9-12)13-3/h11-13H,1,4-9H2,2-3H3. The highest BCUT2D eigenvalue weighted by atomic mass is 15.3. The van der Waals surface area contributed by atoms with Crippen LogP contribution >= 0.6 is 0 Å². The van der Waals surface area contributed by atoms with E-state index in [1.807, 2.05) is 0 Å². The molecule has 0 amide bonds. The first-order valence-electron chi connectivity index (χ1n) is 6.02. The van der Waals surface area contributed by atoms with Crippen LogP contribution < -0.4 is 5.32 Å². The van der Waals surface area contributed by atoms with Crippen LogP contribution in [0.15, 0.2) is 12.3 Å². The molecule has 0 spiro atoms. The van der Waals surface area contributed by atoms with E-state index in [1.165, 1.54) is 31.6 Å². The highest BCUT2D eigenvalue weighted by Gasteiger charge is 2.33. The summed E-state index contributed by atoms with van der Waals surface area (Å²) in [6, 6.07) is 1.61. The van der Waals surface area contributed by atoms with Crippen molar-refractivity contribution in [3.63, 3.8) is 0 Å². The minimum absolute atomic E-state index is 0.772. The molecule has 15 heavy (non-hydrogen) atoms. The summed E-state index contributed by atoms with van der Waals surface area (Å²) in [5, 5.41) is 3.35. The average Bonchev–Trinajstić information content (AvgIpc) is 2.17. The number of hydrogen-bond donors (Lipinski definition) is 1. The molecule has 1 aliphatic carbocycles. The summed E-state index contributed by atoms with van der Waals surface area (Å²) in [7, 11) is 2.07. The number of hydrogen-bond acceptors (Lipinski definition) is 3. The van der Waals surface area contributed by atoms with E-state index in [1.54, 1.807) is 0 Å². The van der Waals surface area contributed by atoms with E-state index in [0.717, 1.165) is 25.2 Å². The van der Waals surface area contributed by atoms with Crippen LogP contribution in [0.4, 0.5) is 0 Å². The Kier molecular flexibility index (Phi) is 3.32. The molecule has 86 valence electrons. The Morgan fingerprint density at radius 3 is 2.27 bits per heavy atom. The van der Waals surface area contributed by atoms with Gasteiger partial charge in [0.05, 0.1) is 0 Å². The van der Waals surface area contributed by atoms with E-state index in [-0.39, 0.29) is 0 Å². The van der Waals surface area contributed by atoms with E-state index in [2.05, 4.69) is 35.7 Å². The van der Waals surface area contributed by atoms with Crippen LogP contribution in [0, 0.1) is 0 Å². The van der Waals surface area contributed by atoms with Crippen molar-refractivity contribution in [1.29, 1.82) is 0 Å². The number of allylic oxidation sites excluding steroid dienone is 1. The van der Waals surface area contributed by atoms with Gasteiger partial charge in [0, 0.05) is 44.0 Å². The third-order valence-electron chi connectivity index (χ3n) is 3.89. The maximum Gasteiger partial charge on any atom is 0.0303 e. The monoisotopic (exact) mass is 209 g/mol. The van der Waals surface area contributed by atoms with Crippen molar-refractivity contribution in [2.45, 2.75) is 31.8 Å². The molecule has 2 rings (SSSR count). The number of nitrogens with one attached hydrogen (secondary N) is 1. The first kappa shape index (κ1) is 11.0. The van der Waals surface area contributed by atoms with Gasteiger partial charge in [-0.25, -0.2) is 0 Å². The van der Waals surface area contributed by atoms with Crippen molar-refractivity contribution in [1.82, 2.24) is 15.1 Å². The average molecular weight is 209 g/mol. The van der Waals surface area contributed by atoms with Gasteiger partial charge in [-0.15, -0.1) is 0 Å². The lowest BCUT2D eigenvalue weighted by Gasteiger charge is -2.46.